The monoisotopic (exact) mass is 514 g/mol. The minimum absolute atomic E-state index is 0.115. The van der Waals surface area contributed by atoms with Crippen LogP contribution in [0.3, 0.4) is 0 Å². The van der Waals surface area contributed by atoms with Crippen molar-refractivity contribution in [1.29, 1.82) is 10.5 Å². The van der Waals surface area contributed by atoms with E-state index < -0.39 is 0 Å². The Kier molecular flexibility index (Phi) is 6.22. The Morgan fingerprint density at radius 1 is 0.842 bits per heavy atom. The lowest BCUT2D eigenvalue weighted by Gasteiger charge is -2.28. The second kappa shape index (κ2) is 9.28. The predicted octanol–water partition coefficient (Wildman–Crippen LogP) is 8.89. The van der Waals surface area contributed by atoms with E-state index >= 15 is 0 Å². The van der Waals surface area contributed by atoms with Gasteiger partial charge in [0.05, 0.1) is 5.69 Å². The number of aryl methyl sites for hydroxylation is 4. The molecule has 5 heteroatoms. The van der Waals surface area contributed by atoms with Crippen LogP contribution in [0.15, 0.2) is 54.1 Å². The first-order valence-electron chi connectivity index (χ1n) is 12.7. The van der Waals surface area contributed by atoms with Crippen molar-refractivity contribution < 1.29 is 0 Å². The molecule has 0 spiro atoms. The van der Waals surface area contributed by atoms with Crippen LogP contribution in [-0.2, 0) is 5.41 Å². The number of pyridine rings is 1. The molecule has 4 aromatic rings. The summed E-state index contributed by atoms with van der Waals surface area (Å²) in [7, 11) is 0. The van der Waals surface area contributed by atoms with Gasteiger partial charge in [-0.1, -0.05) is 19.9 Å². The third-order valence-corrected chi connectivity index (χ3v) is 8.93. The van der Waals surface area contributed by atoms with Crippen molar-refractivity contribution >= 4 is 34.6 Å². The summed E-state index contributed by atoms with van der Waals surface area (Å²) in [4.78, 5) is 9.65. The molecule has 0 aliphatic heterocycles. The standard InChI is InChI=1S/C33H30N4S/c1-19-8-9-25(12-20(19)2)37(26-13-21(3)23(5)22(4)14-26)30-11-10-28-31-29(33(6,7)32(28)36-30)16-27(38-31)15-24(17-34)18-35/h8-16H,1-7H3. The molecule has 0 radical (unpaired) electrons. The molecule has 2 aromatic heterocycles. The number of anilines is 3. The molecule has 0 atom stereocenters. The maximum atomic E-state index is 9.20. The number of fused-ring (bicyclic) bond motifs is 3. The molecular weight excluding hydrogens is 484 g/mol. The Labute approximate surface area is 229 Å². The molecule has 0 saturated heterocycles. The summed E-state index contributed by atoms with van der Waals surface area (Å²) in [6.07, 6.45) is 1.67. The highest BCUT2D eigenvalue weighted by molar-refractivity contribution is 7.16. The molecule has 0 N–H and O–H groups in total. The van der Waals surface area contributed by atoms with Crippen LogP contribution in [0.5, 0.6) is 0 Å². The van der Waals surface area contributed by atoms with Gasteiger partial charge in [0.2, 0.25) is 0 Å². The molecule has 0 unspecified atom stereocenters. The number of nitriles is 2. The zero-order valence-corrected chi connectivity index (χ0v) is 23.7. The Bertz CT molecular complexity index is 1680. The average molecular weight is 515 g/mol. The SMILES string of the molecule is Cc1ccc(N(c2cc(C)c(C)c(C)c2)c2ccc3c(n2)C(C)(C)c2cc(C=C(C#N)C#N)sc2-3)cc1C. The minimum Gasteiger partial charge on any atom is -0.295 e. The normalized spacial score (nSPS) is 12.8. The third kappa shape index (κ3) is 4.10. The van der Waals surface area contributed by atoms with Gasteiger partial charge >= 0.3 is 0 Å². The number of thiophene rings is 1. The van der Waals surface area contributed by atoms with Gasteiger partial charge in [0.25, 0.3) is 0 Å². The van der Waals surface area contributed by atoms with Crippen LogP contribution in [0.2, 0.25) is 0 Å². The van der Waals surface area contributed by atoms with Gasteiger partial charge in [0.1, 0.15) is 23.5 Å². The van der Waals surface area contributed by atoms with Gasteiger partial charge in [-0.3, -0.25) is 4.90 Å². The lowest BCUT2D eigenvalue weighted by atomic mass is 9.86. The third-order valence-electron chi connectivity index (χ3n) is 7.82. The second-order valence-corrected chi connectivity index (χ2v) is 11.8. The van der Waals surface area contributed by atoms with Crippen LogP contribution in [0.4, 0.5) is 17.2 Å². The quantitative estimate of drug-likeness (QED) is 0.255. The fourth-order valence-electron chi connectivity index (χ4n) is 5.16. The van der Waals surface area contributed by atoms with Crippen molar-refractivity contribution in [2.75, 3.05) is 4.90 Å². The number of allylic oxidation sites excluding steroid dienone is 1. The average Bonchev–Trinajstić information content (AvgIpc) is 3.40. The van der Waals surface area contributed by atoms with Crippen molar-refractivity contribution in [2.24, 2.45) is 0 Å². The van der Waals surface area contributed by atoms with Crippen LogP contribution in [0.25, 0.3) is 16.5 Å². The summed E-state index contributed by atoms with van der Waals surface area (Å²) in [6, 6.07) is 21.4. The van der Waals surface area contributed by atoms with Crippen molar-refractivity contribution in [3.63, 3.8) is 0 Å². The zero-order valence-electron chi connectivity index (χ0n) is 22.9. The fraction of sp³-hybridized carbons (Fsp3) is 0.242. The van der Waals surface area contributed by atoms with Crippen molar-refractivity contribution in [1.82, 2.24) is 4.98 Å². The summed E-state index contributed by atoms with van der Waals surface area (Å²) in [5.74, 6) is 0.884. The Hall–Kier alpha value is -4.19. The molecule has 4 nitrogen and oxygen atoms in total. The van der Waals surface area contributed by atoms with Crippen molar-refractivity contribution in [3.05, 3.63) is 98.1 Å². The number of aromatic nitrogens is 1. The topological polar surface area (TPSA) is 63.7 Å². The van der Waals surface area contributed by atoms with Gasteiger partial charge in [0.15, 0.2) is 0 Å². The van der Waals surface area contributed by atoms with Crippen molar-refractivity contribution in [2.45, 2.75) is 53.9 Å². The van der Waals surface area contributed by atoms with E-state index in [4.69, 9.17) is 4.98 Å². The van der Waals surface area contributed by atoms with E-state index in [1.165, 1.54) is 33.4 Å². The highest BCUT2D eigenvalue weighted by atomic mass is 32.1. The van der Waals surface area contributed by atoms with Gasteiger partial charge in [-0.05, 0) is 117 Å². The van der Waals surface area contributed by atoms with Crippen LogP contribution in [0.1, 0.15) is 57.8 Å². The van der Waals surface area contributed by atoms with E-state index in [2.05, 4.69) is 102 Å². The highest BCUT2D eigenvalue weighted by Crippen LogP contribution is 2.52. The molecule has 0 saturated carbocycles. The van der Waals surface area contributed by atoms with E-state index in [1.807, 2.05) is 12.1 Å². The van der Waals surface area contributed by atoms with E-state index in [9.17, 15) is 10.5 Å². The summed E-state index contributed by atoms with van der Waals surface area (Å²) in [5, 5.41) is 18.4. The number of benzene rings is 2. The molecule has 5 rings (SSSR count). The summed E-state index contributed by atoms with van der Waals surface area (Å²) in [6.45, 7) is 15.2. The number of hydrogen-bond acceptors (Lipinski definition) is 5. The van der Waals surface area contributed by atoms with E-state index in [0.717, 1.165) is 38.2 Å². The lowest BCUT2D eigenvalue weighted by molar-refractivity contribution is 0.638. The first kappa shape index (κ1) is 25.5. The molecule has 0 fully saturated rings. The van der Waals surface area contributed by atoms with Gasteiger partial charge in [-0.2, -0.15) is 10.5 Å². The Morgan fingerprint density at radius 2 is 1.50 bits per heavy atom. The smallest absolute Gasteiger partial charge is 0.137 e. The zero-order chi connectivity index (χ0) is 27.4. The largest absolute Gasteiger partial charge is 0.295 e. The summed E-state index contributed by atoms with van der Waals surface area (Å²) >= 11 is 1.61. The first-order valence-corrected chi connectivity index (χ1v) is 13.5. The maximum Gasteiger partial charge on any atom is 0.137 e. The molecule has 0 amide bonds. The number of nitrogens with zero attached hydrogens (tertiary/aromatic N) is 4. The summed E-state index contributed by atoms with van der Waals surface area (Å²) in [5.41, 5.74) is 11.7. The fourth-order valence-corrected chi connectivity index (χ4v) is 6.45. The van der Waals surface area contributed by atoms with E-state index in [0.29, 0.717) is 0 Å². The highest BCUT2D eigenvalue weighted by Gasteiger charge is 2.39. The van der Waals surface area contributed by atoms with E-state index in [-0.39, 0.29) is 11.0 Å². The molecule has 0 bridgehead atoms. The Balaban J connectivity index is 1.68. The minimum atomic E-state index is -0.309. The predicted molar refractivity (Wildman–Crippen MR) is 157 cm³/mol. The summed E-state index contributed by atoms with van der Waals surface area (Å²) < 4.78 is 0. The second-order valence-electron chi connectivity index (χ2n) is 10.7. The molecule has 1 aliphatic rings. The van der Waals surface area contributed by atoms with Gasteiger partial charge < -0.3 is 0 Å². The molecular formula is C33H30N4S. The van der Waals surface area contributed by atoms with Crippen LogP contribution >= 0.6 is 11.3 Å². The molecule has 38 heavy (non-hydrogen) atoms. The van der Waals surface area contributed by atoms with Gasteiger partial charge in [0, 0.05) is 32.1 Å². The van der Waals surface area contributed by atoms with Crippen LogP contribution in [0, 0.1) is 57.3 Å². The molecule has 1 aliphatic carbocycles. The lowest BCUT2D eigenvalue weighted by Crippen LogP contribution is -2.19. The Morgan fingerprint density at radius 3 is 2.13 bits per heavy atom. The molecule has 2 aromatic carbocycles. The van der Waals surface area contributed by atoms with E-state index in [1.54, 1.807) is 17.4 Å². The first-order chi connectivity index (χ1) is 18.0. The molecule has 188 valence electrons. The molecule has 2 heterocycles. The van der Waals surface area contributed by atoms with Crippen molar-refractivity contribution in [3.8, 4) is 22.6 Å². The number of hydrogen-bond donors (Lipinski definition) is 0. The van der Waals surface area contributed by atoms with Gasteiger partial charge in [-0.25, -0.2) is 4.98 Å². The number of rotatable bonds is 4. The van der Waals surface area contributed by atoms with Crippen LogP contribution in [-0.4, -0.2) is 4.98 Å². The maximum absolute atomic E-state index is 9.20. The van der Waals surface area contributed by atoms with Crippen LogP contribution < -0.4 is 4.90 Å². The van der Waals surface area contributed by atoms with Gasteiger partial charge in [-0.15, -0.1) is 11.3 Å².